The van der Waals surface area contributed by atoms with Gasteiger partial charge in [-0.05, 0) is 62.2 Å². The van der Waals surface area contributed by atoms with Gasteiger partial charge in [0.15, 0.2) is 0 Å². The van der Waals surface area contributed by atoms with Crippen LogP contribution in [0, 0.1) is 5.82 Å². The Morgan fingerprint density at radius 3 is 2.10 bits per heavy atom. The Bertz CT molecular complexity index is 1060. The van der Waals surface area contributed by atoms with Gasteiger partial charge in [0.25, 0.3) is 5.91 Å². The van der Waals surface area contributed by atoms with Crippen LogP contribution in [0.25, 0.3) is 11.1 Å². The molecule has 0 aliphatic rings. The van der Waals surface area contributed by atoms with E-state index in [9.17, 15) is 19.1 Å². The van der Waals surface area contributed by atoms with Crippen molar-refractivity contribution in [1.29, 1.82) is 0 Å². The molecular formula is C24H24FN3O3. The number of amides is 2. The number of carbonyl (C=O) groups excluding carboxylic acids is 1. The number of rotatable bonds is 5. The molecular weight excluding hydrogens is 397 g/mol. The first-order chi connectivity index (χ1) is 14.7. The van der Waals surface area contributed by atoms with Crippen molar-refractivity contribution >= 4 is 17.7 Å². The predicted molar refractivity (Wildman–Crippen MR) is 117 cm³/mol. The first-order valence-corrected chi connectivity index (χ1v) is 9.76. The van der Waals surface area contributed by atoms with E-state index in [0.717, 1.165) is 16.0 Å². The lowest BCUT2D eigenvalue weighted by molar-refractivity contribution is -0.122. The second-order valence-electron chi connectivity index (χ2n) is 8.05. The Hall–Kier alpha value is -3.74. The summed E-state index contributed by atoms with van der Waals surface area (Å²) in [4.78, 5) is 30.2. The highest BCUT2D eigenvalue weighted by Crippen LogP contribution is 2.31. The Morgan fingerprint density at radius 2 is 1.55 bits per heavy atom. The van der Waals surface area contributed by atoms with Crippen LogP contribution < -0.4 is 5.32 Å². The SMILES string of the molecule is CC(C)(C)N(C(=O)O)C(C(=O)Nc1ccc(-c2ccncc2)cc1)c1ccccc1F. The topological polar surface area (TPSA) is 82.5 Å². The highest BCUT2D eigenvalue weighted by Gasteiger charge is 2.39. The van der Waals surface area contributed by atoms with E-state index in [1.165, 1.54) is 18.2 Å². The van der Waals surface area contributed by atoms with E-state index in [2.05, 4.69) is 10.3 Å². The number of carbonyl (C=O) groups is 2. The van der Waals surface area contributed by atoms with Crippen molar-refractivity contribution in [2.45, 2.75) is 32.4 Å². The summed E-state index contributed by atoms with van der Waals surface area (Å²) in [6.07, 6.45) is 2.07. The summed E-state index contributed by atoms with van der Waals surface area (Å²) in [5.41, 5.74) is 1.44. The highest BCUT2D eigenvalue weighted by molar-refractivity contribution is 5.97. The Kier molecular flexibility index (Phi) is 6.34. The summed E-state index contributed by atoms with van der Waals surface area (Å²) >= 11 is 0. The number of hydrogen-bond acceptors (Lipinski definition) is 3. The number of halogens is 1. The number of pyridine rings is 1. The third kappa shape index (κ3) is 5.06. The smallest absolute Gasteiger partial charge is 0.408 e. The van der Waals surface area contributed by atoms with E-state index in [0.29, 0.717) is 5.69 Å². The van der Waals surface area contributed by atoms with Gasteiger partial charge in [0.05, 0.1) is 0 Å². The molecule has 2 N–H and O–H groups in total. The lowest BCUT2D eigenvalue weighted by Crippen LogP contribution is -2.51. The molecule has 0 radical (unpaired) electrons. The van der Waals surface area contributed by atoms with Gasteiger partial charge in [-0.3, -0.25) is 14.7 Å². The molecule has 3 aromatic rings. The molecule has 1 unspecified atom stereocenters. The van der Waals surface area contributed by atoms with Crippen molar-refractivity contribution < 1.29 is 19.1 Å². The van der Waals surface area contributed by atoms with Gasteiger partial charge in [-0.2, -0.15) is 0 Å². The van der Waals surface area contributed by atoms with Crippen LogP contribution >= 0.6 is 0 Å². The number of hydrogen-bond donors (Lipinski definition) is 2. The monoisotopic (exact) mass is 421 g/mol. The molecule has 0 saturated carbocycles. The molecule has 160 valence electrons. The summed E-state index contributed by atoms with van der Waals surface area (Å²) in [6.45, 7) is 4.98. The minimum Gasteiger partial charge on any atom is -0.465 e. The quantitative estimate of drug-likeness (QED) is 0.582. The Labute approximate surface area is 180 Å². The molecule has 0 saturated heterocycles. The zero-order valence-corrected chi connectivity index (χ0v) is 17.5. The van der Waals surface area contributed by atoms with Crippen molar-refractivity contribution in [3.8, 4) is 11.1 Å². The molecule has 0 bridgehead atoms. The minimum absolute atomic E-state index is 0.00858. The fourth-order valence-electron chi connectivity index (χ4n) is 3.38. The maximum atomic E-state index is 14.6. The normalized spacial score (nSPS) is 12.1. The molecule has 3 rings (SSSR count). The first kappa shape index (κ1) is 22.0. The van der Waals surface area contributed by atoms with Crippen molar-refractivity contribution in [3.05, 3.63) is 84.4 Å². The van der Waals surface area contributed by atoms with Crippen LogP contribution in [-0.4, -0.2) is 32.5 Å². The number of nitrogens with zero attached hydrogens (tertiary/aromatic N) is 2. The minimum atomic E-state index is -1.36. The van der Waals surface area contributed by atoms with E-state index in [1.807, 2.05) is 24.3 Å². The fourth-order valence-corrected chi connectivity index (χ4v) is 3.38. The third-order valence-electron chi connectivity index (χ3n) is 4.80. The first-order valence-electron chi connectivity index (χ1n) is 9.76. The standard InChI is InChI=1S/C24H24FN3O3/c1-24(2,3)28(23(30)31)21(19-6-4-5-7-20(19)25)22(29)27-18-10-8-16(9-11-18)17-12-14-26-15-13-17/h4-15,21H,1-3H3,(H,27,29)(H,30,31). The average molecular weight is 421 g/mol. The van der Waals surface area contributed by atoms with Gasteiger partial charge < -0.3 is 10.4 Å². The van der Waals surface area contributed by atoms with Gasteiger partial charge in [0.1, 0.15) is 11.9 Å². The van der Waals surface area contributed by atoms with Crippen molar-refractivity contribution in [2.24, 2.45) is 0 Å². The lowest BCUT2D eigenvalue weighted by atomic mass is 9.97. The number of anilines is 1. The summed E-state index contributed by atoms with van der Waals surface area (Å²) < 4.78 is 14.6. The van der Waals surface area contributed by atoms with Gasteiger partial charge in [0, 0.05) is 29.2 Å². The van der Waals surface area contributed by atoms with Crippen molar-refractivity contribution in [3.63, 3.8) is 0 Å². The van der Waals surface area contributed by atoms with Crippen molar-refractivity contribution in [2.75, 3.05) is 5.32 Å². The average Bonchev–Trinajstić information content (AvgIpc) is 2.72. The maximum absolute atomic E-state index is 14.6. The Balaban J connectivity index is 1.93. The molecule has 1 atom stereocenters. The maximum Gasteiger partial charge on any atom is 0.408 e. The van der Waals surface area contributed by atoms with Gasteiger partial charge in [-0.1, -0.05) is 30.3 Å². The van der Waals surface area contributed by atoms with Crippen LogP contribution in [0.4, 0.5) is 14.9 Å². The summed E-state index contributed by atoms with van der Waals surface area (Å²) in [5.74, 6) is -1.29. The van der Waals surface area contributed by atoms with E-state index >= 15 is 0 Å². The van der Waals surface area contributed by atoms with Crippen LogP contribution in [0.15, 0.2) is 73.1 Å². The largest absolute Gasteiger partial charge is 0.465 e. The predicted octanol–water partition coefficient (Wildman–Crippen LogP) is 5.35. The second-order valence-corrected chi connectivity index (χ2v) is 8.05. The van der Waals surface area contributed by atoms with Gasteiger partial charge >= 0.3 is 6.09 Å². The molecule has 6 nitrogen and oxygen atoms in total. The van der Waals surface area contributed by atoms with E-state index in [1.54, 1.807) is 51.4 Å². The summed E-state index contributed by atoms with van der Waals surface area (Å²) in [7, 11) is 0. The molecule has 2 amide bonds. The van der Waals surface area contributed by atoms with Crippen molar-refractivity contribution in [1.82, 2.24) is 9.88 Å². The summed E-state index contributed by atoms with van der Waals surface area (Å²) in [6, 6.07) is 15.2. The highest BCUT2D eigenvalue weighted by atomic mass is 19.1. The molecule has 0 aliphatic heterocycles. The number of nitrogens with one attached hydrogen (secondary N) is 1. The number of aromatic nitrogens is 1. The van der Waals surface area contributed by atoms with E-state index < -0.39 is 29.4 Å². The van der Waals surface area contributed by atoms with Crippen LogP contribution in [0.2, 0.25) is 0 Å². The molecule has 1 heterocycles. The van der Waals surface area contributed by atoms with E-state index in [-0.39, 0.29) is 5.56 Å². The summed E-state index contributed by atoms with van der Waals surface area (Å²) in [5, 5.41) is 12.6. The van der Waals surface area contributed by atoms with Gasteiger partial charge in [-0.15, -0.1) is 0 Å². The molecule has 0 aliphatic carbocycles. The van der Waals surface area contributed by atoms with Crippen LogP contribution in [0.3, 0.4) is 0 Å². The van der Waals surface area contributed by atoms with Crippen LogP contribution in [-0.2, 0) is 4.79 Å². The molecule has 7 heteroatoms. The third-order valence-corrected chi connectivity index (χ3v) is 4.80. The zero-order valence-electron chi connectivity index (χ0n) is 17.5. The number of benzene rings is 2. The molecule has 31 heavy (non-hydrogen) atoms. The Morgan fingerprint density at radius 1 is 0.968 bits per heavy atom. The van der Waals surface area contributed by atoms with Crippen LogP contribution in [0.5, 0.6) is 0 Å². The molecule has 0 spiro atoms. The fraction of sp³-hybridized carbons (Fsp3) is 0.208. The van der Waals surface area contributed by atoms with E-state index in [4.69, 9.17) is 0 Å². The molecule has 0 fully saturated rings. The van der Waals surface area contributed by atoms with Crippen LogP contribution in [0.1, 0.15) is 32.4 Å². The number of carboxylic acid groups (broad SMARTS) is 1. The second kappa shape index (κ2) is 8.95. The lowest BCUT2D eigenvalue weighted by Gasteiger charge is -2.39. The molecule has 1 aromatic heterocycles. The van der Waals surface area contributed by atoms with Gasteiger partial charge in [-0.25, -0.2) is 9.18 Å². The molecule has 2 aromatic carbocycles. The van der Waals surface area contributed by atoms with Gasteiger partial charge in [0.2, 0.25) is 0 Å². The zero-order chi connectivity index (χ0) is 22.6.